The molecule has 0 atom stereocenters. The first-order valence-corrected chi connectivity index (χ1v) is 11.3. The van der Waals surface area contributed by atoms with Gasteiger partial charge < -0.3 is 28.4 Å². The van der Waals surface area contributed by atoms with Crippen LogP contribution in [-0.4, -0.2) is 11.6 Å². The summed E-state index contributed by atoms with van der Waals surface area (Å²) in [6.07, 6.45) is 7.04. The van der Waals surface area contributed by atoms with E-state index < -0.39 is 5.92 Å². The quantitative estimate of drug-likeness (QED) is 0.168. The van der Waals surface area contributed by atoms with E-state index in [0.29, 0.717) is 11.1 Å². The molecule has 0 unspecified atom stereocenters. The molecule has 2 aromatic rings. The van der Waals surface area contributed by atoms with Crippen LogP contribution in [0.25, 0.3) is 0 Å². The average molecular weight is 519 g/mol. The van der Waals surface area contributed by atoms with Crippen molar-refractivity contribution in [3.8, 4) is 34.5 Å². The number of hydrogen-bond acceptors (Lipinski definition) is 8. The van der Waals surface area contributed by atoms with Gasteiger partial charge in [0, 0.05) is 17.0 Å². The predicted molar refractivity (Wildman–Crippen MR) is 145 cm³/mol. The molecule has 2 rings (SSSR count). The van der Waals surface area contributed by atoms with Crippen LogP contribution in [0.1, 0.15) is 58.5 Å². The summed E-state index contributed by atoms with van der Waals surface area (Å²) in [7, 11) is 0. The lowest BCUT2D eigenvalue weighted by molar-refractivity contribution is 0.100. The molecule has 0 fully saturated rings. The van der Waals surface area contributed by atoms with E-state index in [0.717, 1.165) is 25.0 Å². The van der Waals surface area contributed by atoms with E-state index in [9.17, 15) is 9.59 Å². The third-order valence-corrected chi connectivity index (χ3v) is 5.34. The Bertz CT molecular complexity index is 1200. The first kappa shape index (κ1) is 29.3. The van der Waals surface area contributed by atoms with Gasteiger partial charge in [-0.25, -0.2) is 0 Å². The lowest BCUT2D eigenvalue weighted by Crippen LogP contribution is -2.10. The maximum absolute atomic E-state index is 12.7. The van der Waals surface area contributed by atoms with Crippen molar-refractivity contribution in [1.29, 1.82) is 0 Å². The number of rotatable bonds is 16. The molecule has 0 bridgehead atoms. The van der Waals surface area contributed by atoms with Crippen LogP contribution in [0.5, 0.6) is 34.5 Å². The van der Waals surface area contributed by atoms with Crippen LogP contribution >= 0.6 is 0 Å². The minimum absolute atomic E-state index is 0.0708. The summed E-state index contributed by atoms with van der Waals surface area (Å²) in [6, 6.07) is 3.18. The van der Waals surface area contributed by atoms with Gasteiger partial charge in [-0.05, 0) is 26.0 Å². The molecule has 0 heterocycles. The first-order valence-electron chi connectivity index (χ1n) is 11.3. The Morgan fingerprint density at radius 2 is 0.816 bits per heavy atom. The lowest BCUT2D eigenvalue weighted by atomic mass is 9.87. The van der Waals surface area contributed by atoms with Crippen molar-refractivity contribution in [2.24, 2.45) is 0 Å². The number of ketones is 2. The molecule has 38 heavy (non-hydrogen) atoms. The summed E-state index contributed by atoms with van der Waals surface area (Å²) in [5.74, 6) is -0.565. The number of carbonyl (C=O) groups excluding carboxylic acids is 2. The first-order chi connectivity index (χ1) is 18.2. The molecule has 0 aliphatic heterocycles. The van der Waals surface area contributed by atoms with Gasteiger partial charge >= 0.3 is 0 Å². The summed E-state index contributed by atoms with van der Waals surface area (Å²) >= 11 is 0. The third-order valence-electron chi connectivity index (χ3n) is 5.34. The van der Waals surface area contributed by atoms with Crippen molar-refractivity contribution in [3.63, 3.8) is 0 Å². The fourth-order valence-electron chi connectivity index (χ4n) is 3.81. The second-order valence-corrected chi connectivity index (χ2v) is 7.54. The number of ether oxygens (including phenoxy) is 6. The van der Waals surface area contributed by atoms with E-state index in [-0.39, 0.29) is 57.2 Å². The zero-order valence-electron chi connectivity index (χ0n) is 21.7. The van der Waals surface area contributed by atoms with Gasteiger partial charge in [-0.2, -0.15) is 0 Å². The zero-order chi connectivity index (χ0) is 28.4. The molecule has 0 saturated heterocycles. The maximum atomic E-state index is 12.7. The Morgan fingerprint density at radius 3 is 1.08 bits per heavy atom. The summed E-state index contributed by atoms with van der Waals surface area (Å²) in [5, 5.41) is 0. The summed E-state index contributed by atoms with van der Waals surface area (Å²) in [5.41, 5.74) is 1.31. The molecule has 0 aliphatic rings. The van der Waals surface area contributed by atoms with Crippen LogP contribution < -0.4 is 28.4 Å². The Hall–Kier alpha value is -4.98. The smallest absolute Gasteiger partial charge is 0.212 e. The molecule has 2 aromatic carbocycles. The molecule has 0 aromatic heterocycles. The molecule has 8 nitrogen and oxygen atoms in total. The van der Waals surface area contributed by atoms with Crippen molar-refractivity contribution in [2.75, 3.05) is 0 Å². The largest absolute Gasteiger partial charge is 0.461 e. The maximum Gasteiger partial charge on any atom is 0.212 e. The SMILES string of the molecule is C=COc1c(C(C)=O)cc(C(C)c2cc(C(C)=O)c(OC=C)c(OC=C)c2OC=C)c(OC=C)c1OC=C. The van der Waals surface area contributed by atoms with Gasteiger partial charge in [-0.3, -0.25) is 9.59 Å². The second-order valence-electron chi connectivity index (χ2n) is 7.54. The fraction of sp³-hybridized carbons (Fsp3) is 0.133. The lowest BCUT2D eigenvalue weighted by Gasteiger charge is -2.25. The molecular formula is C30H30O8. The van der Waals surface area contributed by atoms with Gasteiger partial charge in [0.25, 0.3) is 0 Å². The van der Waals surface area contributed by atoms with E-state index in [4.69, 9.17) is 28.4 Å². The van der Waals surface area contributed by atoms with Gasteiger partial charge in [0.2, 0.25) is 11.5 Å². The Morgan fingerprint density at radius 1 is 0.553 bits per heavy atom. The molecule has 0 saturated carbocycles. The van der Waals surface area contributed by atoms with E-state index in [1.807, 2.05) is 6.92 Å². The molecule has 0 spiro atoms. The van der Waals surface area contributed by atoms with Gasteiger partial charge in [-0.15, -0.1) is 0 Å². The summed E-state index contributed by atoms with van der Waals surface area (Å²) in [6.45, 7) is 26.2. The van der Waals surface area contributed by atoms with Gasteiger partial charge in [0.05, 0.1) is 48.7 Å². The molecule has 0 aliphatic carbocycles. The Labute approximate surface area is 222 Å². The van der Waals surface area contributed by atoms with Gasteiger partial charge in [-0.1, -0.05) is 46.4 Å². The number of hydrogen-bond donors (Lipinski definition) is 0. The normalized spacial score (nSPS) is 10.0. The Balaban J connectivity index is 3.09. The van der Waals surface area contributed by atoms with E-state index >= 15 is 0 Å². The highest BCUT2D eigenvalue weighted by Gasteiger charge is 2.31. The van der Waals surface area contributed by atoms with Crippen molar-refractivity contribution < 1.29 is 38.0 Å². The molecule has 0 N–H and O–H groups in total. The molecule has 8 heteroatoms. The topological polar surface area (TPSA) is 89.5 Å². The number of carbonyl (C=O) groups is 2. The van der Waals surface area contributed by atoms with Crippen molar-refractivity contribution in [1.82, 2.24) is 0 Å². The number of benzene rings is 2. The van der Waals surface area contributed by atoms with E-state index in [1.165, 1.54) is 26.4 Å². The van der Waals surface area contributed by atoms with Gasteiger partial charge in [0.1, 0.15) is 0 Å². The molecule has 0 radical (unpaired) electrons. The molecular weight excluding hydrogens is 488 g/mol. The van der Waals surface area contributed by atoms with Crippen LogP contribution in [0.4, 0.5) is 0 Å². The van der Waals surface area contributed by atoms with E-state index in [1.54, 1.807) is 12.1 Å². The van der Waals surface area contributed by atoms with Gasteiger partial charge in [0.15, 0.2) is 34.6 Å². The van der Waals surface area contributed by atoms with Crippen LogP contribution in [0.2, 0.25) is 0 Å². The third kappa shape index (κ3) is 5.87. The predicted octanol–water partition coefficient (Wildman–Crippen LogP) is 7.38. The second kappa shape index (κ2) is 13.4. The van der Waals surface area contributed by atoms with Crippen LogP contribution in [0.15, 0.2) is 89.2 Å². The van der Waals surface area contributed by atoms with Crippen LogP contribution in [0, 0.1) is 0 Å². The minimum Gasteiger partial charge on any atom is -0.461 e. The summed E-state index contributed by atoms with van der Waals surface area (Å²) < 4.78 is 33.9. The van der Waals surface area contributed by atoms with E-state index in [2.05, 4.69) is 39.5 Å². The number of Topliss-reactive ketones (excluding diaryl/α,β-unsaturated/α-hetero) is 2. The highest BCUT2D eigenvalue weighted by Crippen LogP contribution is 2.52. The monoisotopic (exact) mass is 518 g/mol. The van der Waals surface area contributed by atoms with Crippen molar-refractivity contribution in [2.45, 2.75) is 26.7 Å². The fourth-order valence-corrected chi connectivity index (χ4v) is 3.81. The summed E-state index contributed by atoms with van der Waals surface area (Å²) in [4.78, 5) is 25.3. The van der Waals surface area contributed by atoms with Crippen molar-refractivity contribution in [3.05, 3.63) is 111 Å². The average Bonchev–Trinajstić information content (AvgIpc) is 2.87. The standard InChI is InChI=1S/C30H30O8/c1-10-33-25-21(16-23(19(8)31)27(35-12-3)29(25)37-14-5)18(7)22-17-24(20(9)32)28(36-13-4)30(38-15-6)26(22)34-11-2/h10-18H,1-6H2,7-9H3. The molecule has 0 amide bonds. The zero-order valence-corrected chi connectivity index (χ0v) is 21.7. The highest BCUT2D eigenvalue weighted by atomic mass is 16.5. The van der Waals surface area contributed by atoms with Crippen LogP contribution in [-0.2, 0) is 0 Å². The van der Waals surface area contributed by atoms with Crippen LogP contribution in [0.3, 0.4) is 0 Å². The highest BCUT2D eigenvalue weighted by molar-refractivity contribution is 6.00. The Kier molecular flexibility index (Phi) is 10.3. The van der Waals surface area contributed by atoms with Crippen molar-refractivity contribution >= 4 is 11.6 Å². The minimum atomic E-state index is -0.606. The molecule has 198 valence electrons.